The number of rotatable bonds is 9. The number of likely N-dealkylation sites (N-methyl/N-ethyl adjacent to an activating group) is 1. The van der Waals surface area contributed by atoms with E-state index in [1.165, 1.54) is 0 Å². The molecule has 2 atom stereocenters. The molecule has 4 rings (SSSR count). The number of nitrogens with one attached hydrogen (secondary N) is 2. The summed E-state index contributed by atoms with van der Waals surface area (Å²) in [5.41, 5.74) is 4.09. The number of aromatic nitrogens is 2. The molecule has 0 fully saturated rings. The molecule has 0 aliphatic heterocycles. The van der Waals surface area contributed by atoms with Gasteiger partial charge in [-0.2, -0.15) is 5.10 Å². The minimum atomic E-state index is -0.201. The molecule has 0 saturated carbocycles. The molecule has 0 aliphatic rings. The summed E-state index contributed by atoms with van der Waals surface area (Å²) >= 11 is 6.43. The highest BCUT2D eigenvalue weighted by Gasteiger charge is 2.22. The quantitative estimate of drug-likeness (QED) is 0.279. The number of halogens is 1. The van der Waals surface area contributed by atoms with E-state index in [0.717, 1.165) is 40.0 Å². The fourth-order valence-electron chi connectivity index (χ4n) is 4.41. The van der Waals surface area contributed by atoms with Crippen LogP contribution in [0.15, 0.2) is 66.7 Å². The molecule has 0 bridgehead atoms. The lowest BCUT2D eigenvalue weighted by Gasteiger charge is -2.24. The van der Waals surface area contributed by atoms with Crippen molar-refractivity contribution in [1.82, 2.24) is 20.4 Å². The van der Waals surface area contributed by atoms with Gasteiger partial charge in [0.25, 0.3) is 5.91 Å². The first-order chi connectivity index (χ1) is 17.2. The zero-order chi connectivity index (χ0) is 25.8. The fourth-order valence-corrected chi connectivity index (χ4v) is 4.66. The van der Waals surface area contributed by atoms with Crippen LogP contribution in [0.3, 0.4) is 0 Å². The second-order valence-electron chi connectivity index (χ2n) is 9.76. The average molecular weight is 505 g/mol. The lowest BCUT2D eigenvalue weighted by Crippen LogP contribution is -2.31. The molecular formula is C29H33ClN4O2. The SMILES string of the molecule is CC(CN(C)C)Oc1ccc(-c2n[nH]c3ccc(C(=O)NC(c4ccccc4Cl)C(C)C)cc23)cc1. The molecule has 2 N–H and O–H groups in total. The number of hydrogen-bond donors (Lipinski definition) is 2. The Labute approximate surface area is 217 Å². The Kier molecular flexibility index (Phi) is 7.97. The van der Waals surface area contributed by atoms with Crippen molar-refractivity contribution in [2.24, 2.45) is 5.92 Å². The van der Waals surface area contributed by atoms with E-state index in [1.807, 2.05) is 80.8 Å². The lowest BCUT2D eigenvalue weighted by molar-refractivity contribution is 0.0925. The topological polar surface area (TPSA) is 70.2 Å². The number of nitrogens with zero attached hydrogens (tertiary/aromatic N) is 2. The first-order valence-corrected chi connectivity index (χ1v) is 12.6. The Balaban J connectivity index is 1.56. The number of carbonyl (C=O) groups is 1. The minimum absolute atomic E-state index is 0.0820. The van der Waals surface area contributed by atoms with Gasteiger partial charge in [-0.3, -0.25) is 9.89 Å². The molecule has 2 unspecified atom stereocenters. The summed E-state index contributed by atoms with van der Waals surface area (Å²) in [6.45, 7) is 7.03. The van der Waals surface area contributed by atoms with Gasteiger partial charge in [-0.1, -0.05) is 43.6 Å². The standard InChI is InChI=1S/C29H33ClN4O2/c1-18(2)27(23-8-6-7-9-25(23)30)31-29(35)21-12-15-26-24(16-21)28(33-32-26)20-10-13-22(14-11-20)36-19(3)17-34(4)5/h6-16,18-19,27H,17H2,1-5H3,(H,31,35)(H,32,33). The molecule has 0 radical (unpaired) electrons. The molecule has 0 saturated heterocycles. The average Bonchev–Trinajstić information content (AvgIpc) is 3.26. The molecule has 0 aliphatic carbocycles. The maximum absolute atomic E-state index is 13.3. The van der Waals surface area contributed by atoms with E-state index >= 15 is 0 Å². The van der Waals surface area contributed by atoms with Crippen LogP contribution in [0.25, 0.3) is 22.2 Å². The highest BCUT2D eigenvalue weighted by molar-refractivity contribution is 6.31. The molecule has 3 aromatic carbocycles. The number of ether oxygens (including phenoxy) is 1. The van der Waals surface area contributed by atoms with Crippen molar-refractivity contribution < 1.29 is 9.53 Å². The lowest BCUT2D eigenvalue weighted by atomic mass is 9.95. The van der Waals surface area contributed by atoms with Gasteiger partial charge in [-0.15, -0.1) is 0 Å². The van der Waals surface area contributed by atoms with E-state index in [4.69, 9.17) is 16.3 Å². The maximum atomic E-state index is 13.3. The number of carbonyl (C=O) groups excluding carboxylic acids is 1. The summed E-state index contributed by atoms with van der Waals surface area (Å²) in [7, 11) is 4.06. The van der Waals surface area contributed by atoms with Crippen LogP contribution in [0, 0.1) is 5.92 Å². The van der Waals surface area contributed by atoms with Crippen LogP contribution in [0.2, 0.25) is 5.02 Å². The number of fused-ring (bicyclic) bond motifs is 1. The molecular weight excluding hydrogens is 472 g/mol. The van der Waals surface area contributed by atoms with E-state index < -0.39 is 0 Å². The minimum Gasteiger partial charge on any atom is -0.489 e. The van der Waals surface area contributed by atoms with Crippen molar-refractivity contribution in [3.63, 3.8) is 0 Å². The van der Waals surface area contributed by atoms with Crippen LogP contribution in [0.5, 0.6) is 5.75 Å². The predicted molar refractivity (Wildman–Crippen MR) is 147 cm³/mol. The van der Waals surface area contributed by atoms with Gasteiger partial charge in [0, 0.05) is 28.1 Å². The summed E-state index contributed by atoms with van der Waals surface area (Å²) in [6.07, 6.45) is 0.0820. The summed E-state index contributed by atoms with van der Waals surface area (Å²) in [6, 6.07) is 20.9. The van der Waals surface area contributed by atoms with Crippen molar-refractivity contribution in [3.05, 3.63) is 82.9 Å². The molecule has 0 spiro atoms. The van der Waals surface area contributed by atoms with E-state index in [-0.39, 0.29) is 24.0 Å². The van der Waals surface area contributed by atoms with Gasteiger partial charge < -0.3 is 15.0 Å². The first kappa shape index (κ1) is 25.7. The largest absolute Gasteiger partial charge is 0.489 e. The van der Waals surface area contributed by atoms with Crippen LogP contribution in [-0.2, 0) is 0 Å². The second-order valence-corrected chi connectivity index (χ2v) is 10.2. The number of hydrogen-bond acceptors (Lipinski definition) is 4. The molecule has 188 valence electrons. The summed E-state index contributed by atoms with van der Waals surface area (Å²) in [5.74, 6) is 0.830. The fraction of sp³-hybridized carbons (Fsp3) is 0.310. The monoisotopic (exact) mass is 504 g/mol. The highest BCUT2D eigenvalue weighted by Crippen LogP contribution is 2.31. The van der Waals surface area contributed by atoms with Gasteiger partial charge in [0.05, 0.1) is 17.3 Å². The molecule has 36 heavy (non-hydrogen) atoms. The Morgan fingerprint density at radius 2 is 1.78 bits per heavy atom. The highest BCUT2D eigenvalue weighted by atomic mass is 35.5. The predicted octanol–water partition coefficient (Wildman–Crippen LogP) is 6.34. The van der Waals surface area contributed by atoms with Crippen molar-refractivity contribution in [1.29, 1.82) is 0 Å². The summed E-state index contributed by atoms with van der Waals surface area (Å²) < 4.78 is 6.00. The smallest absolute Gasteiger partial charge is 0.251 e. The number of amides is 1. The Bertz CT molecular complexity index is 1330. The molecule has 1 aromatic heterocycles. The second kappa shape index (κ2) is 11.1. The molecule has 7 heteroatoms. The van der Waals surface area contributed by atoms with Gasteiger partial charge in [0.1, 0.15) is 11.9 Å². The third-order valence-corrected chi connectivity index (χ3v) is 6.45. The summed E-state index contributed by atoms with van der Waals surface area (Å²) in [4.78, 5) is 15.4. The van der Waals surface area contributed by atoms with Crippen LogP contribution in [-0.4, -0.2) is 47.7 Å². The maximum Gasteiger partial charge on any atom is 0.251 e. The Morgan fingerprint density at radius 1 is 1.06 bits per heavy atom. The van der Waals surface area contributed by atoms with Gasteiger partial charge in [-0.05, 0) is 81.0 Å². The third kappa shape index (κ3) is 5.89. The normalized spacial score (nSPS) is 13.2. The first-order valence-electron chi connectivity index (χ1n) is 12.2. The van der Waals surface area contributed by atoms with E-state index in [2.05, 4.69) is 41.2 Å². The van der Waals surface area contributed by atoms with E-state index in [0.29, 0.717) is 10.6 Å². The molecule has 4 aromatic rings. The molecule has 1 heterocycles. The number of benzene rings is 3. The van der Waals surface area contributed by atoms with Crippen molar-refractivity contribution in [2.75, 3.05) is 20.6 Å². The van der Waals surface area contributed by atoms with Crippen LogP contribution < -0.4 is 10.1 Å². The van der Waals surface area contributed by atoms with Crippen LogP contribution in [0.1, 0.15) is 42.7 Å². The Morgan fingerprint density at radius 3 is 2.44 bits per heavy atom. The molecule has 1 amide bonds. The third-order valence-electron chi connectivity index (χ3n) is 6.11. The van der Waals surface area contributed by atoms with E-state index in [9.17, 15) is 4.79 Å². The van der Waals surface area contributed by atoms with Gasteiger partial charge in [0.2, 0.25) is 0 Å². The molecule has 6 nitrogen and oxygen atoms in total. The van der Waals surface area contributed by atoms with Gasteiger partial charge in [-0.25, -0.2) is 0 Å². The van der Waals surface area contributed by atoms with Crippen LogP contribution >= 0.6 is 11.6 Å². The van der Waals surface area contributed by atoms with Gasteiger partial charge >= 0.3 is 0 Å². The number of aromatic amines is 1. The van der Waals surface area contributed by atoms with Crippen molar-refractivity contribution in [3.8, 4) is 17.0 Å². The summed E-state index contributed by atoms with van der Waals surface area (Å²) in [5, 5.41) is 12.3. The van der Waals surface area contributed by atoms with Gasteiger partial charge in [0.15, 0.2) is 0 Å². The van der Waals surface area contributed by atoms with Crippen molar-refractivity contribution >= 4 is 28.4 Å². The van der Waals surface area contributed by atoms with Crippen LogP contribution in [0.4, 0.5) is 0 Å². The zero-order valence-electron chi connectivity index (χ0n) is 21.4. The number of H-pyrrole nitrogens is 1. The Hall–Kier alpha value is -3.35. The van der Waals surface area contributed by atoms with E-state index in [1.54, 1.807) is 0 Å². The van der Waals surface area contributed by atoms with Crippen molar-refractivity contribution in [2.45, 2.75) is 32.9 Å². The zero-order valence-corrected chi connectivity index (χ0v) is 22.1.